The lowest BCUT2D eigenvalue weighted by molar-refractivity contribution is 0.472. The summed E-state index contributed by atoms with van der Waals surface area (Å²) in [6.07, 6.45) is 13.7. The maximum absolute atomic E-state index is 4.09. The van der Waals surface area contributed by atoms with Crippen LogP contribution in [-0.4, -0.2) is 8.07 Å². The Hall–Kier alpha value is -7.67. The molecule has 0 saturated carbocycles. The van der Waals surface area contributed by atoms with Crippen LogP contribution < -0.4 is 15.6 Å². The van der Waals surface area contributed by atoms with Crippen LogP contribution >= 0.6 is 0 Å². The van der Waals surface area contributed by atoms with Gasteiger partial charge in [0.25, 0.3) is 0 Å². The smallest absolute Gasteiger partial charge is 0.0976 e. The average Bonchev–Trinajstić information content (AvgIpc) is 3.59. The molecule has 3 aliphatic rings. The van der Waals surface area contributed by atoms with Gasteiger partial charge in [0.15, 0.2) is 0 Å². The molecule has 11 rings (SSSR count). The van der Waals surface area contributed by atoms with Gasteiger partial charge in [-0.1, -0.05) is 251 Å². The number of hydrogen-bond donors (Lipinski definition) is 0. The van der Waals surface area contributed by atoms with Gasteiger partial charge in [-0.2, -0.15) is 0 Å². The lowest BCUT2D eigenvalue weighted by Gasteiger charge is -2.39. The van der Waals surface area contributed by atoms with Crippen molar-refractivity contribution in [1.29, 1.82) is 0 Å². The molecule has 1 heteroatoms. The molecule has 0 fully saturated rings. The summed E-state index contributed by atoms with van der Waals surface area (Å²) in [6, 6.07) is 53.0. The predicted octanol–water partition coefficient (Wildman–Crippen LogP) is 18.9. The third kappa shape index (κ3) is 9.74. The molecule has 0 N–H and O–H groups in total. The van der Waals surface area contributed by atoms with Crippen LogP contribution in [0.4, 0.5) is 0 Å². The molecule has 0 aromatic heterocycles. The molecule has 0 heterocycles. The summed E-state index contributed by atoms with van der Waals surface area (Å²) >= 11 is 0. The minimum atomic E-state index is -1.77. The maximum atomic E-state index is 4.09. The van der Waals surface area contributed by atoms with Gasteiger partial charge in [0.2, 0.25) is 0 Å². The zero-order chi connectivity index (χ0) is 56.9. The molecular formula is C79H78Si. The fourth-order valence-electron chi connectivity index (χ4n) is 12.9. The number of rotatable bonds is 5. The van der Waals surface area contributed by atoms with Gasteiger partial charge in [0, 0.05) is 70.7 Å². The van der Waals surface area contributed by atoms with E-state index in [0.29, 0.717) is 0 Å². The second-order valence-corrected chi connectivity index (χ2v) is 31.5. The van der Waals surface area contributed by atoms with Crippen molar-refractivity contribution < 1.29 is 0 Å². The summed E-state index contributed by atoms with van der Waals surface area (Å²) in [6.45, 7) is 39.5. The average molecular weight is 1060 g/mol. The van der Waals surface area contributed by atoms with Gasteiger partial charge >= 0.3 is 0 Å². The highest BCUT2D eigenvalue weighted by Crippen LogP contribution is 2.48. The lowest BCUT2D eigenvalue weighted by Crippen LogP contribution is -2.38. The Morgan fingerprint density at radius 3 is 1.46 bits per heavy atom. The highest BCUT2D eigenvalue weighted by atomic mass is 28.3. The molecule has 8 aromatic carbocycles. The second-order valence-electron chi connectivity index (χ2n) is 26.4. The molecule has 3 aliphatic carbocycles. The van der Waals surface area contributed by atoms with Crippen LogP contribution in [0.15, 0.2) is 192 Å². The van der Waals surface area contributed by atoms with Crippen molar-refractivity contribution in [2.45, 2.75) is 122 Å². The van der Waals surface area contributed by atoms with Crippen molar-refractivity contribution in [3.8, 4) is 11.1 Å². The largest absolute Gasteiger partial charge is 0.117 e. The van der Waals surface area contributed by atoms with E-state index in [4.69, 9.17) is 0 Å². The van der Waals surface area contributed by atoms with E-state index in [1.165, 1.54) is 150 Å². The van der Waals surface area contributed by atoms with Crippen LogP contribution in [0, 0.1) is 56.9 Å². The van der Waals surface area contributed by atoms with Crippen LogP contribution in [0.5, 0.6) is 0 Å². The Morgan fingerprint density at radius 2 is 0.975 bits per heavy atom. The standard InChI is InChI=1S/C79H78Si/c1-47-34-55(35-48(2)70(47)45-72-62-26-18-22-30-66(62)76(67-31-23-19-27-63(67)72)74-51(5)38-59(39-52(74)6)78(9,10)11)57-42-58(44-61(43-57)80(15,16)17)56-36-49(3)71(50(4)37-56)46-73-64-28-20-24-32-68(64)77(69-33-25-21-29-65(69)73)75-53(7)40-60(41-54(75)8)79(12,13)14/h18-44H,1-17H3. The molecular weight excluding hydrogens is 977 g/mol. The molecule has 0 amide bonds. The van der Waals surface area contributed by atoms with Crippen LogP contribution in [0.3, 0.4) is 0 Å². The van der Waals surface area contributed by atoms with Gasteiger partial charge in [-0.15, -0.1) is 22.8 Å². The Bertz CT molecular complexity index is 4030. The first-order valence-corrected chi connectivity index (χ1v) is 32.4. The van der Waals surface area contributed by atoms with Gasteiger partial charge in [0.1, 0.15) is 0 Å². The minimum absolute atomic E-state index is 0.0713. The Labute approximate surface area is 480 Å². The third-order valence-corrected chi connectivity index (χ3v) is 19.2. The molecule has 398 valence electrons. The van der Waals surface area contributed by atoms with Crippen molar-refractivity contribution >= 4 is 51.7 Å². The lowest BCUT2D eigenvalue weighted by atomic mass is 9.70. The van der Waals surface area contributed by atoms with Crippen LogP contribution in [0.2, 0.25) is 19.6 Å². The van der Waals surface area contributed by atoms with Crippen LogP contribution in [0.1, 0.15) is 136 Å². The molecule has 0 nitrogen and oxygen atoms in total. The first kappa shape index (κ1) is 54.3. The maximum Gasteiger partial charge on any atom is 0.0976 e. The van der Waals surface area contributed by atoms with Gasteiger partial charge in [-0.25, -0.2) is 0 Å². The van der Waals surface area contributed by atoms with E-state index in [1.807, 2.05) is 0 Å². The molecule has 8 aromatic rings. The number of hydrogen-bond acceptors (Lipinski definition) is 0. The predicted molar refractivity (Wildman–Crippen MR) is 348 cm³/mol. The summed E-state index contributed by atoms with van der Waals surface area (Å²) in [5, 5.41) is 8.89. The van der Waals surface area contributed by atoms with E-state index in [0.717, 1.165) is 21.9 Å². The van der Waals surface area contributed by atoms with Crippen molar-refractivity contribution in [3.63, 3.8) is 0 Å². The minimum Gasteiger partial charge on any atom is -0.117 e. The summed E-state index contributed by atoms with van der Waals surface area (Å²) < 4.78 is 0. The monoisotopic (exact) mass is 1050 g/mol. The topological polar surface area (TPSA) is 0 Å². The van der Waals surface area contributed by atoms with E-state index in [-0.39, 0.29) is 10.8 Å². The SMILES string of the molecule is CC1=C[C+](c2cc(-c3cc(C)c([C-]=C4c5ccccc5[C-](c5c(C)cc(C(C)(C)C)cc5C)c5ccccc54)c(C)c3)cc([Si](C)(C)C)c2)C=C(C)C1=C=c1c2ccccc2c(=C2C(C)=C[C+](C(C)(C)C)C=C2C)c2ccccc12. The molecule has 0 radical (unpaired) electrons. The summed E-state index contributed by atoms with van der Waals surface area (Å²) in [4.78, 5) is 0. The molecule has 0 saturated heterocycles. The number of aryl methyl sites for hydroxylation is 4. The first-order valence-electron chi connectivity index (χ1n) is 28.9. The zero-order valence-corrected chi connectivity index (χ0v) is 51.6. The van der Waals surface area contributed by atoms with Crippen molar-refractivity contribution in [1.82, 2.24) is 0 Å². The highest BCUT2D eigenvalue weighted by Gasteiger charge is 2.34. The second kappa shape index (κ2) is 20.1. The number of allylic oxidation sites excluding steroid dienone is 9. The Balaban J connectivity index is 1.000. The molecule has 0 unspecified atom stereocenters. The van der Waals surface area contributed by atoms with Gasteiger partial charge in [-0.3, -0.25) is 0 Å². The third-order valence-electron chi connectivity index (χ3n) is 17.2. The van der Waals surface area contributed by atoms with E-state index in [1.54, 1.807) is 0 Å². The van der Waals surface area contributed by atoms with E-state index in [2.05, 4.69) is 292 Å². The molecule has 0 bridgehead atoms. The molecule has 0 atom stereocenters. The van der Waals surface area contributed by atoms with Crippen molar-refractivity contribution in [2.24, 2.45) is 5.41 Å². The summed E-state index contributed by atoms with van der Waals surface area (Å²) in [5.74, 6) is 3.93. The van der Waals surface area contributed by atoms with E-state index >= 15 is 0 Å². The molecule has 80 heavy (non-hydrogen) atoms. The first-order chi connectivity index (χ1) is 37.9. The molecule has 0 aliphatic heterocycles. The normalized spacial score (nSPS) is 14.9. The summed E-state index contributed by atoms with van der Waals surface area (Å²) in [5.41, 5.74) is 30.6. The van der Waals surface area contributed by atoms with E-state index in [9.17, 15) is 0 Å². The van der Waals surface area contributed by atoms with Gasteiger partial charge in [-0.05, 0) is 78.4 Å². The zero-order valence-electron chi connectivity index (χ0n) is 50.6. The Kier molecular flexibility index (Phi) is 13.7. The fourth-order valence-corrected chi connectivity index (χ4v) is 14.1. The van der Waals surface area contributed by atoms with Crippen molar-refractivity contribution in [3.05, 3.63) is 293 Å². The Morgan fingerprint density at radius 1 is 0.500 bits per heavy atom. The van der Waals surface area contributed by atoms with Crippen LogP contribution in [-0.2, 0) is 5.41 Å². The van der Waals surface area contributed by atoms with Gasteiger partial charge < -0.3 is 0 Å². The van der Waals surface area contributed by atoms with Crippen LogP contribution in [0.25, 0.3) is 49.5 Å². The quantitative estimate of drug-likeness (QED) is 0.0915. The molecule has 0 spiro atoms. The van der Waals surface area contributed by atoms with Crippen molar-refractivity contribution in [2.75, 3.05) is 0 Å². The highest BCUT2D eigenvalue weighted by molar-refractivity contribution is 6.88. The van der Waals surface area contributed by atoms with Gasteiger partial charge in [0.05, 0.1) is 59.9 Å². The van der Waals surface area contributed by atoms with E-state index < -0.39 is 8.07 Å². The fraction of sp³-hybridized carbons (Fsp3) is 0.241. The number of benzene rings is 8. The number of fused-ring (bicyclic) bond motifs is 4. The summed E-state index contributed by atoms with van der Waals surface area (Å²) in [7, 11) is -1.77.